The number of aldehydes is 1. The van der Waals surface area contributed by atoms with Crippen molar-refractivity contribution in [3.05, 3.63) is 0 Å². The molecule has 2 fully saturated rings. The monoisotopic (exact) mass is 259 g/mol. The minimum Gasteiger partial charge on any atom is -0.302 e. The number of nitrogens with one attached hydrogen (secondary N) is 1. The molecule has 4 nitrogen and oxygen atoms in total. The molecule has 2 rings (SSSR count). The Kier molecular flexibility index (Phi) is 3.11. The van der Waals surface area contributed by atoms with Crippen LogP contribution >= 0.6 is 0 Å². The Morgan fingerprint density at radius 2 is 1.71 bits per heavy atom. The number of sulfonamides is 1. The molecule has 0 bridgehead atoms. The maximum absolute atomic E-state index is 11.9. The largest absolute Gasteiger partial charge is 0.302 e. The van der Waals surface area contributed by atoms with Crippen molar-refractivity contribution >= 4 is 16.3 Å². The van der Waals surface area contributed by atoms with Gasteiger partial charge in [0.15, 0.2) is 0 Å². The van der Waals surface area contributed by atoms with E-state index in [0.29, 0.717) is 6.42 Å². The lowest BCUT2D eigenvalue weighted by atomic mass is 10.0. The predicted octanol–water partition coefficient (Wildman–Crippen LogP) is 1.46. The Morgan fingerprint density at radius 1 is 1.18 bits per heavy atom. The van der Waals surface area contributed by atoms with Gasteiger partial charge in [0.25, 0.3) is 0 Å². The molecule has 1 atom stereocenters. The summed E-state index contributed by atoms with van der Waals surface area (Å²) in [7, 11) is -3.31. The van der Waals surface area contributed by atoms with Gasteiger partial charge in [0.05, 0.1) is 11.8 Å². The number of carbonyl (C=O) groups is 1. The second kappa shape index (κ2) is 4.05. The summed E-state index contributed by atoms with van der Waals surface area (Å²) in [6.45, 7) is 4.07. The SMILES string of the molecule is CC1(CC(C=O)NS(=O)(=O)CC2(C)CC2)CC1. The number of carbonyl (C=O) groups excluding carboxylic acids is 1. The van der Waals surface area contributed by atoms with E-state index in [9.17, 15) is 13.2 Å². The quantitative estimate of drug-likeness (QED) is 0.704. The van der Waals surface area contributed by atoms with E-state index in [1.807, 2.05) is 6.92 Å². The Hall–Kier alpha value is -0.420. The molecule has 17 heavy (non-hydrogen) atoms. The second-order valence-electron chi connectivity index (χ2n) is 6.44. The molecule has 2 aliphatic rings. The van der Waals surface area contributed by atoms with E-state index in [-0.39, 0.29) is 16.6 Å². The van der Waals surface area contributed by atoms with Gasteiger partial charge in [-0.3, -0.25) is 0 Å². The first-order valence-corrected chi connectivity index (χ1v) is 7.87. The van der Waals surface area contributed by atoms with Crippen molar-refractivity contribution in [2.45, 2.75) is 52.0 Å². The zero-order valence-electron chi connectivity index (χ0n) is 10.5. The minimum absolute atomic E-state index is 0.0528. The number of hydrogen-bond acceptors (Lipinski definition) is 3. The third-order valence-electron chi connectivity index (χ3n) is 3.95. The third kappa shape index (κ3) is 3.78. The van der Waals surface area contributed by atoms with Gasteiger partial charge >= 0.3 is 0 Å². The van der Waals surface area contributed by atoms with Crippen molar-refractivity contribution in [3.8, 4) is 0 Å². The molecule has 98 valence electrons. The van der Waals surface area contributed by atoms with Gasteiger partial charge in [-0.2, -0.15) is 0 Å². The van der Waals surface area contributed by atoms with Gasteiger partial charge in [-0.15, -0.1) is 0 Å². The van der Waals surface area contributed by atoms with Crippen LogP contribution < -0.4 is 4.72 Å². The number of rotatable bonds is 7. The molecule has 0 aromatic carbocycles. The van der Waals surface area contributed by atoms with Crippen LogP contribution in [0.1, 0.15) is 46.0 Å². The molecule has 0 aliphatic heterocycles. The van der Waals surface area contributed by atoms with Gasteiger partial charge in [0.2, 0.25) is 10.0 Å². The van der Waals surface area contributed by atoms with Crippen LogP contribution in [-0.2, 0) is 14.8 Å². The van der Waals surface area contributed by atoms with Crippen molar-refractivity contribution < 1.29 is 13.2 Å². The van der Waals surface area contributed by atoms with Gasteiger partial charge in [-0.1, -0.05) is 13.8 Å². The summed E-state index contributed by atoms with van der Waals surface area (Å²) >= 11 is 0. The lowest BCUT2D eigenvalue weighted by Crippen LogP contribution is -2.40. The van der Waals surface area contributed by atoms with E-state index in [0.717, 1.165) is 32.0 Å². The van der Waals surface area contributed by atoms with Crippen molar-refractivity contribution in [2.75, 3.05) is 5.75 Å². The van der Waals surface area contributed by atoms with Gasteiger partial charge in [-0.25, -0.2) is 13.1 Å². The standard InChI is InChI=1S/C12H21NO3S/c1-11(3-4-11)7-10(8-14)13-17(15,16)9-12(2)5-6-12/h8,10,13H,3-7,9H2,1-2H3. The van der Waals surface area contributed by atoms with E-state index in [1.54, 1.807) is 0 Å². The van der Waals surface area contributed by atoms with Gasteiger partial charge in [0.1, 0.15) is 6.29 Å². The fourth-order valence-corrected chi connectivity index (χ4v) is 4.04. The minimum atomic E-state index is -3.31. The van der Waals surface area contributed by atoms with Gasteiger partial charge in [-0.05, 0) is 42.9 Å². The summed E-state index contributed by atoms with van der Waals surface area (Å²) in [6.07, 6.45) is 5.49. The van der Waals surface area contributed by atoms with Crippen LogP contribution in [0.2, 0.25) is 0 Å². The highest BCUT2D eigenvalue weighted by Gasteiger charge is 2.43. The smallest absolute Gasteiger partial charge is 0.212 e. The average Bonchev–Trinajstić information content (AvgIpc) is 3.07. The second-order valence-corrected chi connectivity index (χ2v) is 8.20. The molecule has 1 N–H and O–H groups in total. The Morgan fingerprint density at radius 3 is 2.12 bits per heavy atom. The van der Waals surface area contributed by atoms with E-state index >= 15 is 0 Å². The van der Waals surface area contributed by atoms with E-state index < -0.39 is 16.1 Å². The zero-order chi connectivity index (χ0) is 12.7. The molecule has 0 aromatic heterocycles. The fraction of sp³-hybridized carbons (Fsp3) is 0.917. The normalized spacial score (nSPS) is 26.2. The van der Waals surface area contributed by atoms with E-state index in [4.69, 9.17) is 0 Å². The summed E-state index contributed by atoms with van der Waals surface area (Å²) < 4.78 is 26.3. The van der Waals surface area contributed by atoms with Crippen molar-refractivity contribution in [1.82, 2.24) is 4.72 Å². The van der Waals surface area contributed by atoms with Crippen LogP contribution in [-0.4, -0.2) is 26.5 Å². The topological polar surface area (TPSA) is 63.2 Å². The van der Waals surface area contributed by atoms with Crippen LogP contribution in [0.25, 0.3) is 0 Å². The van der Waals surface area contributed by atoms with Crippen molar-refractivity contribution in [3.63, 3.8) is 0 Å². The summed E-state index contributed by atoms with van der Waals surface area (Å²) in [6, 6.07) is -0.546. The fourth-order valence-electron chi connectivity index (χ4n) is 2.15. The summed E-state index contributed by atoms with van der Waals surface area (Å²) in [5, 5.41) is 0. The lowest BCUT2D eigenvalue weighted by molar-refractivity contribution is -0.109. The highest BCUT2D eigenvalue weighted by atomic mass is 32.2. The average molecular weight is 259 g/mol. The Bertz CT molecular complexity index is 407. The van der Waals surface area contributed by atoms with Crippen LogP contribution in [0.15, 0.2) is 0 Å². The maximum atomic E-state index is 11.9. The Labute approximate surface area is 103 Å². The highest BCUT2D eigenvalue weighted by Crippen LogP contribution is 2.49. The molecule has 0 spiro atoms. The molecule has 2 saturated carbocycles. The summed E-state index contributed by atoms with van der Waals surface area (Å²) in [5.41, 5.74) is 0.125. The number of hydrogen-bond donors (Lipinski definition) is 1. The molecule has 0 saturated heterocycles. The summed E-state index contributed by atoms with van der Waals surface area (Å²) in [4.78, 5) is 10.9. The van der Waals surface area contributed by atoms with Gasteiger partial charge in [0, 0.05) is 0 Å². The van der Waals surface area contributed by atoms with Gasteiger partial charge < -0.3 is 4.79 Å². The van der Waals surface area contributed by atoms with Crippen LogP contribution in [0, 0.1) is 10.8 Å². The molecule has 0 heterocycles. The molecule has 0 amide bonds. The van der Waals surface area contributed by atoms with Crippen LogP contribution in [0.4, 0.5) is 0 Å². The molecule has 2 aliphatic carbocycles. The van der Waals surface area contributed by atoms with E-state index in [1.165, 1.54) is 0 Å². The maximum Gasteiger partial charge on any atom is 0.212 e. The molecule has 5 heteroatoms. The van der Waals surface area contributed by atoms with Crippen molar-refractivity contribution in [2.24, 2.45) is 10.8 Å². The van der Waals surface area contributed by atoms with Crippen LogP contribution in [0.5, 0.6) is 0 Å². The first-order valence-electron chi connectivity index (χ1n) is 6.21. The van der Waals surface area contributed by atoms with Crippen LogP contribution in [0.3, 0.4) is 0 Å². The molecule has 0 aromatic rings. The first-order chi connectivity index (χ1) is 7.76. The first kappa shape index (κ1) is 13.0. The molecular formula is C12H21NO3S. The van der Waals surface area contributed by atoms with E-state index in [2.05, 4.69) is 11.6 Å². The zero-order valence-corrected chi connectivity index (χ0v) is 11.3. The molecule has 1 unspecified atom stereocenters. The molecular weight excluding hydrogens is 238 g/mol. The molecule has 0 radical (unpaired) electrons. The Balaban J connectivity index is 1.90. The lowest BCUT2D eigenvalue weighted by Gasteiger charge is -2.18. The summed E-state index contributed by atoms with van der Waals surface area (Å²) in [5.74, 6) is 0.154. The van der Waals surface area contributed by atoms with Crippen molar-refractivity contribution in [1.29, 1.82) is 0 Å². The highest BCUT2D eigenvalue weighted by molar-refractivity contribution is 7.89. The third-order valence-corrected chi connectivity index (χ3v) is 5.69. The predicted molar refractivity (Wildman–Crippen MR) is 66.1 cm³/mol.